The highest BCUT2D eigenvalue weighted by atomic mass is 127. The quantitative estimate of drug-likeness (QED) is 0.320. The minimum Gasteiger partial charge on any atom is -0.378 e. The number of rotatable bonds is 5. The van der Waals surface area contributed by atoms with Crippen LogP contribution in [0, 0.1) is 0 Å². The van der Waals surface area contributed by atoms with E-state index in [2.05, 4.69) is 49.9 Å². The van der Waals surface area contributed by atoms with E-state index < -0.39 is 0 Å². The number of benzene rings is 1. The Labute approximate surface area is 213 Å². The molecule has 2 N–H and O–H groups in total. The Kier molecular flexibility index (Phi) is 7.19. The van der Waals surface area contributed by atoms with Gasteiger partial charge >= 0.3 is 6.03 Å². The predicted molar refractivity (Wildman–Crippen MR) is 139 cm³/mol. The second-order valence-electron chi connectivity index (χ2n) is 9.12. The van der Waals surface area contributed by atoms with Crippen molar-refractivity contribution >= 4 is 40.1 Å². The first kappa shape index (κ1) is 23.7. The van der Waals surface area contributed by atoms with E-state index in [0.29, 0.717) is 19.3 Å². The van der Waals surface area contributed by atoms with Gasteiger partial charge < -0.3 is 25.0 Å². The lowest BCUT2D eigenvalue weighted by Gasteiger charge is -2.42. The number of anilines is 2. The van der Waals surface area contributed by atoms with E-state index in [9.17, 15) is 4.79 Å². The fourth-order valence-electron chi connectivity index (χ4n) is 4.62. The van der Waals surface area contributed by atoms with Crippen molar-refractivity contribution in [3.63, 3.8) is 0 Å². The average molecular weight is 578 g/mol. The van der Waals surface area contributed by atoms with E-state index in [-0.39, 0.29) is 16.1 Å². The fourth-order valence-corrected chi connectivity index (χ4v) is 4.91. The number of alkyl halides is 1. The minimum absolute atomic E-state index is 0.0505. The zero-order valence-corrected chi connectivity index (χ0v) is 21.7. The van der Waals surface area contributed by atoms with Crippen LogP contribution in [0.25, 0.3) is 11.4 Å². The minimum atomic E-state index is -0.218. The molecule has 0 spiro atoms. The van der Waals surface area contributed by atoms with Gasteiger partial charge in [-0.2, -0.15) is 0 Å². The Morgan fingerprint density at radius 1 is 1.15 bits per heavy atom. The first-order chi connectivity index (χ1) is 16.5. The number of fused-ring (bicyclic) bond motifs is 1. The molecule has 2 atom stereocenters. The van der Waals surface area contributed by atoms with Gasteiger partial charge in [-0.25, -0.2) is 14.8 Å². The number of amides is 2. The van der Waals surface area contributed by atoms with Crippen LogP contribution < -0.4 is 15.5 Å². The van der Waals surface area contributed by atoms with Crippen LogP contribution in [-0.2, 0) is 22.4 Å². The molecule has 0 aliphatic carbocycles. The molecule has 182 valence electrons. The van der Waals surface area contributed by atoms with Crippen molar-refractivity contribution < 1.29 is 14.3 Å². The Balaban J connectivity index is 1.44. The first-order valence-electron chi connectivity index (χ1n) is 11.9. The second-order valence-corrected chi connectivity index (χ2v) is 11.0. The largest absolute Gasteiger partial charge is 0.378 e. The third-order valence-electron chi connectivity index (χ3n) is 6.58. The van der Waals surface area contributed by atoms with E-state index in [1.807, 2.05) is 31.2 Å². The van der Waals surface area contributed by atoms with E-state index in [1.165, 1.54) is 5.56 Å². The maximum absolute atomic E-state index is 12.0. The van der Waals surface area contributed by atoms with Gasteiger partial charge in [-0.1, -0.05) is 22.6 Å². The SMILES string of the molecule is CC(I)NC(=O)Nc1ccc(-c2nc3c(c(N4CCOCC4C)n2)CN(C2COC2)CC3)cc1. The molecule has 5 rings (SSSR count). The zero-order chi connectivity index (χ0) is 23.7. The molecule has 1 aromatic carbocycles. The van der Waals surface area contributed by atoms with Gasteiger partial charge in [0.2, 0.25) is 0 Å². The molecular weight excluding hydrogens is 547 g/mol. The number of carbonyl (C=O) groups excluding carboxylic acids is 1. The van der Waals surface area contributed by atoms with Crippen LogP contribution in [0.1, 0.15) is 25.1 Å². The first-order valence-corrected chi connectivity index (χ1v) is 13.1. The summed E-state index contributed by atoms with van der Waals surface area (Å²) in [6.45, 7) is 9.81. The molecule has 4 heterocycles. The molecule has 3 aliphatic rings. The molecule has 2 unspecified atom stereocenters. The summed E-state index contributed by atoms with van der Waals surface area (Å²) in [6, 6.07) is 8.26. The summed E-state index contributed by atoms with van der Waals surface area (Å²) < 4.78 is 11.2. The van der Waals surface area contributed by atoms with Crippen LogP contribution in [0.15, 0.2) is 24.3 Å². The van der Waals surface area contributed by atoms with E-state index in [4.69, 9.17) is 19.4 Å². The van der Waals surface area contributed by atoms with Crippen molar-refractivity contribution in [2.45, 2.75) is 42.9 Å². The third-order valence-corrected chi connectivity index (χ3v) is 6.89. The third kappa shape index (κ3) is 5.14. The number of aromatic nitrogens is 2. The van der Waals surface area contributed by atoms with Gasteiger partial charge in [-0.3, -0.25) is 4.90 Å². The standard InChI is InChI=1S/C24H31IN6O3/c1-15-12-33-10-9-31(15)23-20-11-30(19-13-34-14-19)8-7-21(20)28-22(29-23)17-3-5-18(6-4-17)27-24(32)26-16(2)25/h3-6,15-16,19H,7-14H2,1-2H3,(H2,26,27,32). The van der Waals surface area contributed by atoms with Crippen LogP contribution >= 0.6 is 22.6 Å². The van der Waals surface area contributed by atoms with Gasteiger partial charge in [0, 0.05) is 42.9 Å². The maximum atomic E-state index is 12.0. The van der Waals surface area contributed by atoms with Gasteiger partial charge in [-0.15, -0.1) is 0 Å². The number of carbonyl (C=O) groups is 1. The number of morpholine rings is 1. The summed E-state index contributed by atoms with van der Waals surface area (Å²) in [4.78, 5) is 27.0. The number of nitrogens with zero attached hydrogens (tertiary/aromatic N) is 4. The van der Waals surface area contributed by atoms with Gasteiger partial charge in [0.25, 0.3) is 0 Å². The second kappa shape index (κ2) is 10.3. The summed E-state index contributed by atoms with van der Waals surface area (Å²) in [5.74, 6) is 1.75. The van der Waals surface area contributed by atoms with Crippen molar-refractivity contribution in [2.75, 3.05) is 49.7 Å². The van der Waals surface area contributed by atoms with Crippen molar-refractivity contribution in [1.82, 2.24) is 20.2 Å². The summed E-state index contributed by atoms with van der Waals surface area (Å²) in [5, 5.41) is 5.69. The Morgan fingerprint density at radius 2 is 1.94 bits per heavy atom. The number of nitrogens with one attached hydrogen (secondary N) is 2. The Hall–Kier alpha value is -2.02. The highest BCUT2D eigenvalue weighted by Gasteiger charge is 2.33. The van der Waals surface area contributed by atoms with Crippen molar-refractivity contribution in [2.24, 2.45) is 0 Å². The topological polar surface area (TPSA) is 91.9 Å². The molecule has 2 amide bonds. The fraction of sp³-hybridized carbons (Fsp3) is 0.542. The lowest BCUT2D eigenvalue weighted by Crippen LogP contribution is -2.51. The number of halogens is 1. The Bertz CT molecular complexity index is 1030. The van der Waals surface area contributed by atoms with Crippen LogP contribution in [0.3, 0.4) is 0 Å². The molecule has 9 nitrogen and oxygen atoms in total. The van der Waals surface area contributed by atoms with E-state index >= 15 is 0 Å². The zero-order valence-electron chi connectivity index (χ0n) is 19.6. The molecule has 0 bridgehead atoms. The number of hydrogen-bond donors (Lipinski definition) is 2. The lowest BCUT2D eigenvalue weighted by atomic mass is 10.0. The average Bonchev–Trinajstić information content (AvgIpc) is 2.78. The van der Waals surface area contributed by atoms with Crippen LogP contribution in [0.5, 0.6) is 0 Å². The molecule has 3 aliphatic heterocycles. The van der Waals surface area contributed by atoms with Crippen molar-refractivity contribution in [3.8, 4) is 11.4 Å². The maximum Gasteiger partial charge on any atom is 0.320 e. The molecule has 2 saturated heterocycles. The molecular formula is C24H31IN6O3. The summed E-state index contributed by atoms with van der Waals surface area (Å²) in [7, 11) is 0. The van der Waals surface area contributed by atoms with Crippen LogP contribution in [-0.4, -0.2) is 76.5 Å². The van der Waals surface area contributed by atoms with Crippen LogP contribution in [0.2, 0.25) is 0 Å². The number of hydrogen-bond acceptors (Lipinski definition) is 7. The molecule has 34 heavy (non-hydrogen) atoms. The molecule has 2 aromatic rings. The highest BCUT2D eigenvalue weighted by Crippen LogP contribution is 2.33. The van der Waals surface area contributed by atoms with Gasteiger partial charge in [0.1, 0.15) is 5.82 Å². The monoisotopic (exact) mass is 578 g/mol. The van der Waals surface area contributed by atoms with E-state index in [1.54, 1.807) is 0 Å². The smallest absolute Gasteiger partial charge is 0.320 e. The predicted octanol–water partition coefficient (Wildman–Crippen LogP) is 3.03. The molecule has 0 saturated carbocycles. The van der Waals surface area contributed by atoms with Crippen molar-refractivity contribution in [1.29, 1.82) is 0 Å². The van der Waals surface area contributed by atoms with Gasteiger partial charge in [0.05, 0.1) is 48.3 Å². The normalized spacial score (nSPS) is 22.0. The Morgan fingerprint density at radius 3 is 2.62 bits per heavy atom. The molecule has 0 radical (unpaired) electrons. The van der Waals surface area contributed by atoms with Crippen LogP contribution in [0.4, 0.5) is 16.3 Å². The van der Waals surface area contributed by atoms with Gasteiger partial charge in [-0.05, 0) is 38.1 Å². The summed E-state index contributed by atoms with van der Waals surface area (Å²) in [6.07, 6.45) is 0.904. The number of ether oxygens (including phenoxy) is 2. The van der Waals surface area contributed by atoms with E-state index in [0.717, 1.165) is 67.9 Å². The lowest BCUT2D eigenvalue weighted by molar-refractivity contribution is -0.0696. The molecule has 1 aromatic heterocycles. The highest BCUT2D eigenvalue weighted by molar-refractivity contribution is 14.1. The molecule has 2 fully saturated rings. The molecule has 10 heteroatoms. The number of urea groups is 1. The van der Waals surface area contributed by atoms with Crippen molar-refractivity contribution in [3.05, 3.63) is 35.5 Å². The summed E-state index contributed by atoms with van der Waals surface area (Å²) >= 11 is 2.15. The van der Waals surface area contributed by atoms with Gasteiger partial charge in [0.15, 0.2) is 5.82 Å². The summed E-state index contributed by atoms with van der Waals surface area (Å²) in [5.41, 5.74) is 4.04.